The van der Waals surface area contributed by atoms with E-state index >= 15 is 0 Å². The fourth-order valence-electron chi connectivity index (χ4n) is 3.42. The summed E-state index contributed by atoms with van der Waals surface area (Å²) in [6, 6.07) is 0. The molecule has 0 saturated heterocycles. The molecule has 0 heterocycles. The van der Waals surface area contributed by atoms with Crippen LogP contribution in [0.5, 0.6) is 0 Å². The first kappa shape index (κ1) is 26.7. The standard InChI is InChI=1S/C22H47N.BrH/c1-4-7-8-9-10-11-12-13-14-15-16-17-18-19-20-21-22-23(5-2)6-3;/h4-22H2,1-3H3;1H. The van der Waals surface area contributed by atoms with E-state index in [-0.39, 0.29) is 17.0 Å². The van der Waals surface area contributed by atoms with Crippen LogP contribution in [-0.2, 0) is 0 Å². The molecule has 0 atom stereocenters. The zero-order chi connectivity index (χ0) is 17.0. The Morgan fingerprint density at radius 3 is 1.00 bits per heavy atom. The van der Waals surface area contributed by atoms with Crippen molar-refractivity contribution in [3.63, 3.8) is 0 Å². The van der Waals surface area contributed by atoms with Crippen molar-refractivity contribution in [3.8, 4) is 0 Å². The first-order valence-corrected chi connectivity index (χ1v) is 11.1. The van der Waals surface area contributed by atoms with Gasteiger partial charge in [0.2, 0.25) is 0 Å². The number of hydrogen-bond donors (Lipinski definition) is 0. The van der Waals surface area contributed by atoms with Crippen LogP contribution in [0, 0.1) is 0 Å². The van der Waals surface area contributed by atoms with Gasteiger partial charge < -0.3 is 4.90 Å². The summed E-state index contributed by atoms with van der Waals surface area (Å²) < 4.78 is 0. The van der Waals surface area contributed by atoms with Crippen molar-refractivity contribution >= 4 is 17.0 Å². The Labute approximate surface area is 165 Å². The van der Waals surface area contributed by atoms with E-state index in [4.69, 9.17) is 0 Å². The first-order chi connectivity index (χ1) is 11.3. The van der Waals surface area contributed by atoms with E-state index in [1.54, 1.807) is 0 Å². The van der Waals surface area contributed by atoms with Crippen LogP contribution in [-0.4, -0.2) is 24.5 Å². The molecule has 148 valence electrons. The molecule has 0 aliphatic rings. The Hall–Kier alpha value is 0.440. The minimum atomic E-state index is 0. The summed E-state index contributed by atoms with van der Waals surface area (Å²) in [6.07, 6.45) is 23.4. The SMILES string of the molecule is Br.CCCCCCCCCCCCCCCCCCN(CC)CC. The van der Waals surface area contributed by atoms with Crippen LogP contribution in [0.4, 0.5) is 0 Å². The molecule has 0 fully saturated rings. The second-order valence-electron chi connectivity index (χ2n) is 7.33. The summed E-state index contributed by atoms with van der Waals surface area (Å²) in [6.45, 7) is 10.6. The highest BCUT2D eigenvalue weighted by molar-refractivity contribution is 8.93. The van der Waals surface area contributed by atoms with E-state index in [1.165, 1.54) is 122 Å². The average Bonchev–Trinajstić information content (AvgIpc) is 2.58. The molecule has 0 spiro atoms. The molecule has 0 aliphatic heterocycles. The van der Waals surface area contributed by atoms with Crippen molar-refractivity contribution < 1.29 is 0 Å². The maximum Gasteiger partial charge on any atom is -0.00190 e. The van der Waals surface area contributed by atoms with Crippen molar-refractivity contribution in [3.05, 3.63) is 0 Å². The van der Waals surface area contributed by atoms with Crippen LogP contribution in [0.25, 0.3) is 0 Å². The second-order valence-corrected chi connectivity index (χ2v) is 7.33. The lowest BCUT2D eigenvalue weighted by molar-refractivity contribution is 0.295. The van der Waals surface area contributed by atoms with Crippen LogP contribution in [0.2, 0.25) is 0 Å². The van der Waals surface area contributed by atoms with Gasteiger partial charge >= 0.3 is 0 Å². The van der Waals surface area contributed by atoms with Crippen molar-refractivity contribution in [2.45, 2.75) is 124 Å². The Morgan fingerprint density at radius 1 is 0.417 bits per heavy atom. The third kappa shape index (κ3) is 20.5. The van der Waals surface area contributed by atoms with Crippen molar-refractivity contribution in [1.29, 1.82) is 0 Å². The lowest BCUT2D eigenvalue weighted by atomic mass is 10.0. The average molecular weight is 407 g/mol. The van der Waals surface area contributed by atoms with Crippen molar-refractivity contribution in [1.82, 2.24) is 4.90 Å². The normalized spacial score (nSPS) is 11.0. The molecule has 0 aromatic heterocycles. The van der Waals surface area contributed by atoms with Crippen LogP contribution < -0.4 is 0 Å². The minimum Gasteiger partial charge on any atom is -0.304 e. The fraction of sp³-hybridized carbons (Fsp3) is 1.00. The van der Waals surface area contributed by atoms with Gasteiger partial charge in [-0.25, -0.2) is 0 Å². The predicted molar refractivity (Wildman–Crippen MR) is 118 cm³/mol. The highest BCUT2D eigenvalue weighted by atomic mass is 79.9. The lowest BCUT2D eigenvalue weighted by Crippen LogP contribution is -2.23. The maximum atomic E-state index is 2.55. The summed E-state index contributed by atoms with van der Waals surface area (Å²) >= 11 is 0. The van der Waals surface area contributed by atoms with Gasteiger partial charge in [-0.1, -0.05) is 117 Å². The summed E-state index contributed by atoms with van der Waals surface area (Å²) in [5.74, 6) is 0. The van der Waals surface area contributed by atoms with E-state index in [1.807, 2.05) is 0 Å². The zero-order valence-electron chi connectivity index (χ0n) is 17.3. The third-order valence-electron chi connectivity index (χ3n) is 5.22. The van der Waals surface area contributed by atoms with Crippen LogP contribution in [0.3, 0.4) is 0 Å². The fourth-order valence-corrected chi connectivity index (χ4v) is 3.42. The van der Waals surface area contributed by atoms with Gasteiger partial charge in [0.15, 0.2) is 0 Å². The van der Waals surface area contributed by atoms with E-state index < -0.39 is 0 Å². The van der Waals surface area contributed by atoms with Gasteiger partial charge in [0.25, 0.3) is 0 Å². The number of unbranched alkanes of at least 4 members (excludes halogenated alkanes) is 15. The van der Waals surface area contributed by atoms with Gasteiger partial charge in [0, 0.05) is 0 Å². The molecule has 0 aromatic carbocycles. The molecule has 0 amide bonds. The highest BCUT2D eigenvalue weighted by Crippen LogP contribution is 2.13. The van der Waals surface area contributed by atoms with E-state index in [0.717, 1.165) is 0 Å². The summed E-state index contributed by atoms with van der Waals surface area (Å²) in [4.78, 5) is 2.55. The van der Waals surface area contributed by atoms with Gasteiger partial charge in [-0.05, 0) is 26.1 Å². The number of halogens is 1. The van der Waals surface area contributed by atoms with Gasteiger partial charge in [0.1, 0.15) is 0 Å². The lowest BCUT2D eigenvalue weighted by Gasteiger charge is -2.17. The molecule has 0 unspecified atom stereocenters. The molecular formula is C22H48BrN. The number of rotatable bonds is 19. The Bertz CT molecular complexity index is 204. The molecule has 0 rings (SSSR count). The van der Waals surface area contributed by atoms with Crippen molar-refractivity contribution in [2.24, 2.45) is 0 Å². The number of hydrogen-bond acceptors (Lipinski definition) is 1. The summed E-state index contributed by atoms with van der Waals surface area (Å²) in [5, 5.41) is 0. The molecule has 0 radical (unpaired) electrons. The third-order valence-corrected chi connectivity index (χ3v) is 5.22. The monoisotopic (exact) mass is 405 g/mol. The molecule has 2 heteroatoms. The van der Waals surface area contributed by atoms with Crippen molar-refractivity contribution in [2.75, 3.05) is 19.6 Å². The quantitative estimate of drug-likeness (QED) is 0.196. The largest absolute Gasteiger partial charge is 0.304 e. The van der Waals surface area contributed by atoms with Crippen LogP contribution >= 0.6 is 17.0 Å². The van der Waals surface area contributed by atoms with Gasteiger partial charge in [-0.3, -0.25) is 0 Å². The zero-order valence-corrected chi connectivity index (χ0v) is 19.0. The van der Waals surface area contributed by atoms with E-state index in [9.17, 15) is 0 Å². The predicted octanol–water partition coefficient (Wildman–Crippen LogP) is 8.17. The molecule has 0 bridgehead atoms. The Balaban J connectivity index is 0. The maximum absolute atomic E-state index is 2.55. The van der Waals surface area contributed by atoms with Gasteiger partial charge in [-0.15, -0.1) is 17.0 Å². The van der Waals surface area contributed by atoms with Gasteiger partial charge in [0.05, 0.1) is 0 Å². The first-order valence-electron chi connectivity index (χ1n) is 11.1. The molecule has 0 aliphatic carbocycles. The molecule has 24 heavy (non-hydrogen) atoms. The minimum absolute atomic E-state index is 0. The van der Waals surface area contributed by atoms with E-state index in [2.05, 4.69) is 25.7 Å². The van der Waals surface area contributed by atoms with Gasteiger partial charge in [-0.2, -0.15) is 0 Å². The highest BCUT2D eigenvalue weighted by Gasteiger charge is 1.98. The molecule has 0 N–H and O–H groups in total. The molecule has 0 saturated carbocycles. The molecular weight excluding hydrogens is 358 g/mol. The Kier molecular flexibility index (Phi) is 26.0. The van der Waals surface area contributed by atoms with Crippen LogP contribution in [0.15, 0.2) is 0 Å². The molecule has 1 nitrogen and oxygen atoms in total. The topological polar surface area (TPSA) is 3.24 Å². The Morgan fingerprint density at radius 2 is 0.708 bits per heavy atom. The molecule has 0 aromatic rings. The summed E-state index contributed by atoms with van der Waals surface area (Å²) in [7, 11) is 0. The number of nitrogens with zero attached hydrogens (tertiary/aromatic N) is 1. The smallest absolute Gasteiger partial charge is 0.00190 e. The van der Waals surface area contributed by atoms with Crippen LogP contribution in [0.1, 0.15) is 124 Å². The van der Waals surface area contributed by atoms with E-state index in [0.29, 0.717) is 0 Å². The summed E-state index contributed by atoms with van der Waals surface area (Å²) in [5.41, 5.74) is 0. The second kappa shape index (κ2) is 23.4.